The van der Waals surface area contributed by atoms with Gasteiger partial charge in [0.2, 0.25) is 0 Å². The van der Waals surface area contributed by atoms with Crippen molar-refractivity contribution < 1.29 is 15.3 Å². The zero-order chi connectivity index (χ0) is 29.4. The van der Waals surface area contributed by atoms with E-state index in [2.05, 4.69) is 46.4 Å². The molecule has 1 saturated carbocycles. The van der Waals surface area contributed by atoms with Crippen molar-refractivity contribution in [3.8, 4) is 0 Å². The van der Waals surface area contributed by atoms with Crippen LogP contribution in [0.5, 0.6) is 0 Å². The van der Waals surface area contributed by atoms with E-state index in [1.54, 1.807) is 0 Å². The molecule has 3 heteroatoms. The van der Waals surface area contributed by atoms with Crippen LogP contribution >= 0.6 is 0 Å². The number of aliphatic hydroxyl groups is 3. The maximum absolute atomic E-state index is 10.2. The van der Waals surface area contributed by atoms with Gasteiger partial charge >= 0.3 is 0 Å². The summed E-state index contributed by atoms with van der Waals surface area (Å²) in [5, 5.41) is 30.1. The minimum absolute atomic E-state index is 0.224. The lowest BCUT2D eigenvalue weighted by Gasteiger charge is -2.41. The molecule has 0 aromatic heterocycles. The van der Waals surface area contributed by atoms with Crippen LogP contribution < -0.4 is 0 Å². The minimum Gasteiger partial charge on any atom is -0.393 e. The third-order valence-electron chi connectivity index (χ3n) is 8.43. The summed E-state index contributed by atoms with van der Waals surface area (Å²) in [6.45, 7) is 23.3. The molecule has 3 N–H and O–H groups in total. The Morgan fingerprint density at radius 1 is 1.03 bits per heavy atom. The van der Waals surface area contributed by atoms with Gasteiger partial charge in [-0.2, -0.15) is 0 Å². The van der Waals surface area contributed by atoms with Gasteiger partial charge in [0.25, 0.3) is 0 Å². The van der Waals surface area contributed by atoms with E-state index in [9.17, 15) is 15.3 Å². The van der Waals surface area contributed by atoms with Gasteiger partial charge in [-0.25, -0.2) is 0 Å². The molecule has 1 aliphatic carbocycles. The fourth-order valence-electron chi connectivity index (χ4n) is 6.15. The Labute approximate surface area is 237 Å². The van der Waals surface area contributed by atoms with Crippen LogP contribution in [-0.2, 0) is 0 Å². The maximum atomic E-state index is 10.2. The van der Waals surface area contributed by atoms with Gasteiger partial charge in [-0.3, -0.25) is 0 Å². The molecule has 3 nitrogen and oxygen atoms in total. The molecule has 0 aliphatic heterocycles. The van der Waals surface area contributed by atoms with E-state index in [0.29, 0.717) is 11.8 Å². The summed E-state index contributed by atoms with van der Waals surface area (Å²) >= 11 is 0. The molecule has 1 aliphatic rings. The summed E-state index contributed by atoms with van der Waals surface area (Å²) < 4.78 is 0. The second-order valence-corrected chi connectivity index (χ2v) is 13.1. The fourth-order valence-corrected chi connectivity index (χ4v) is 6.15. The largest absolute Gasteiger partial charge is 0.393 e. The Morgan fingerprint density at radius 3 is 2.24 bits per heavy atom. The molecule has 0 aromatic carbocycles. The van der Waals surface area contributed by atoms with Gasteiger partial charge < -0.3 is 15.3 Å². The van der Waals surface area contributed by atoms with E-state index in [1.807, 2.05) is 34.6 Å². The molecule has 0 spiro atoms. The van der Waals surface area contributed by atoms with Crippen molar-refractivity contribution >= 4 is 0 Å². The number of aliphatic hydroxyl groups excluding tert-OH is 2. The molecular formula is C35H66O3. The molecule has 1 rings (SSSR count). The normalized spacial score (nSPS) is 20.6. The van der Waals surface area contributed by atoms with Gasteiger partial charge in [0.15, 0.2) is 0 Å². The van der Waals surface area contributed by atoms with E-state index in [4.69, 9.17) is 0 Å². The summed E-state index contributed by atoms with van der Waals surface area (Å²) in [6.07, 6.45) is 18.9. The highest BCUT2D eigenvalue weighted by atomic mass is 16.3. The zero-order valence-corrected chi connectivity index (χ0v) is 26.9. The molecule has 0 radical (unpaired) electrons. The average Bonchev–Trinajstić information content (AvgIpc) is 2.82. The van der Waals surface area contributed by atoms with Crippen molar-refractivity contribution in [2.24, 2.45) is 17.3 Å². The van der Waals surface area contributed by atoms with Crippen molar-refractivity contribution in [2.75, 3.05) is 0 Å². The average molecular weight is 535 g/mol. The van der Waals surface area contributed by atoms with Gasteiger partial charge in [-0.1, -0.05) is 91.0 Å². The zero-order valence-electron chi connectivity index (χ0n) is 26.9. The van der Waals surface area contributed by atoms with Crippen LogP contribution in [-0.4, -0.2) is 33.1 Å². The Kier molecular flexibility index (Phi) is 18.8. The van der Waals surface area contributed by atoms with Crippen molar-refractivity contribution in [1.82, 2.24) is 0 Å². The van der Waals surface area contributed by atoms with Gasteiger partial charge in [-0.05, 0) is 114 Å². The van der Waals surface area contributed by atoms with Gasteiger partial charge in [-0.15, -0.1) is 0 Å². The molecule has 4 atom stereocenters. The highest BCUT2D eigenvalue weighted by Gasteiger charge is 2.34. The molecule has 0 amide bonds. The first kappa shape index (κ1) is 37.1. The lowest BCUT2D eigenvalue weighted by atomic mass is 9.65. The lowest BCUT2D eigenvalue weighted by molar-refractivity contribution is 0.0573. The minimum atomic E-state index is -0.596. The van der Waals surface area contributed by atoms with Crippen LogP contribution in [0.25, 0.3) is 0 Å². The first-order valence-electron chi connectivity index (χ1n) is 15.9. The van der Waals surface area contributed by atoms with E-state index >= 15 is 0 Å². The molecule has 0 heterocycles. The predicted molar refractivity (Wildman–Crippen MR) is 167 cm³/mol. The van der Waals surface area contributed by atoms with Gasteiger partial charge in [0.1, 0.15) is 0 Å². The smallest absolute Gasteiger partial charge is 0.0787 e. The van der Waals surface area contributed by atoms with E-state index in [-0.39, 0.29) is 17.6 Å². The monoisotopic (exact) mass is 535 g/mol. The molecule has 0 bridgehead atoms. The molecule has 224 valence electrons. The Hall–Kier alpha value is -0.900. The quantitative estimate of drug-likeness (QED) is 0.174. The fraction of sp³-hybridized carbons (Fsp3) is 0.829. The lowest BCUT2D eigenvalue weighted by Crippen LogP contribution is -2.31. The van der Waals surface area contributed by atoms with Crippen LogP contribution in [0.15, 0.2) is 35.5 Å². The number of allylic oxidation sites excluding steroid dienone is 3. The van der Waals surface area contributed by atoms with Crippen LogP contribution in [0.4, 0.5) is 0 Å². The van der Waals surface area contributed by atoms with Crippen molar-refractivity contribution in [3.63, 3.8) is 0 Å². The predicted octanol–water partition coefficient (Wildman–Crippen LogP) is 9.71. The summed E-state index contributed by atoms with van der Waals surface area (Å²) in [5.41, 5.74) is 3.18. The SMILES string of the molecule is C=C1/C(=C\C=C(\C)CCCC(C)(C)C(CCC)[C@@H](CCCC(C)O)CCCC(C)(C)O)CCCC1O.CC. The van der Waals surface area contributed by atoms with E-state index in [0.717, 1.165) is 56.9 Å². The Morgan fingerprint density at radius 2 is 1.66 bits per heavy atom. The third-order valence-corrected chi connectivity index (χ3v) is 8.43. The first-order chi connectivity index (χ1) is 17.8. The molecule has 38 heavy (non-hydrogen) atoms. The second kappa shape index (κ2) is 19.2. The number of hydrogen-bond donors (Lipinski definition) is 3. The van der Waals surface area contributed by atoms with Gasteiger partial charge in [0.05, 0.1) is 17.8 Å². The molecule has 3 unspecified atom stereocenters. The molecule has 0 saturated heterocycles. The summed E-state index contributed by atoms with van der Waals surface area (Å²) in [7, 11) is 0. The topological polar surface area (TPSA) is 60.7 Å². The second-order valence-electron chi connectivity index (χ2n) is 13.1. The van der Waals surface area contributed by atoms with E-state index < -0.39 is 5.60 Å². The summed E-state index contributed by atoms with van der Waals surface area (Å²) in [5.74, 6) is 1.31. The Balaban J connectivity index is 0.00000667. The highest BCUT2D eigenvalue weighted by molar-refractivity contribution is 5.36. The van der Waals surface area contributed by atoms with Crippen molar-refractivity contribution in [2.45, 2.75) is 170 Å². The van der Waals surface area contributed by atoms with Crippen LogP contribution in [0, 0.1) is 17.3 Å². The summed E-state index contributed by atoms with van der Waals surface area (Å²) in [4.78, 5) is 0. The third kappa shape index (κ3) is 15.6. The highest BCUT2D eigenvalue weighted by Crippen LogP contribution is 2.44. The first-order valence-corrected chi connectivity index (χ1v) is 15.9. The number of rotatable bonds is 17. The van der Waals surface area contributed by atoms with Crippen LogP contribution in [0.3, 0.4) is 0 Å². The van der Waals surface area contributed by atoms with Crippen LogP contribution in [0.2, 0.25) is 0 Å². The molecule has 1 fully saturated rings. The van der Waals surface area contributed by atoms with Crippen molar-refractivity contribution in [1.29, 1.82) is 0 Å². The molecule has 0 aromatic rings. The Bertz CT molecular complexity index is 692. The maximum Gasteiger partial charge on any atom is 0.0787 e. The number of hydrogen-bond acceptors (Lipinski definition) is 3. The van der Waals surface area contributed by atoms with Gasteiger partial charge in [0, 0.05) is 0 Å². The van der Waals surface area contributed by atoms with Crippen LogP contribution in [0.1, 0.15) is 152 Å². The van der Waals surface area contributed by atoms with Crippen molar-refractivity contribution in [3.05, 3.63) is 35.5 Å². The standard InChI is InChI=1S/C33H60O3.C2H6/c1-9-14-30(29(18-10-16-26(3)34)19-13-24-33(7,8)36)32(5,6)23-12-15-25(2)21-22-28-17-11-20-31(35)27(28)4;1-2/h21-22,26,29-31,34-36H,4,9-20,23-24H2,1-3,5-8H3;1-2H3/b25-21-,28-22-;/t26?,29-,30?,31?;/m0./s1. The molecular weight excluding hydrogens is 468 g/mol. The summed E-state index contributed by atoms with van der Waals surface area (Å²) in [6, 6.07) is 0. The van der Waals surface area contributed by atoms with E-state index in [1.165, 1.54) is 49.7 Å².